The summed E-state index contributed by atoms with van der Waals surface area (Å²) in [6, 6.07) is 11.7. The Morgan fingerprint density at radius 2 is 1.76 bits per heavy atom. The summed E-state index contributed by atoms with van der Waals surface area (Å²) in [6.45, 7) is 0.104. The highest BCUT2D eigenvalue weighted by atomic mass is 35.5. The maximum atomic E-state index is 11.3. The highest BCUT2D eigenvalue weighted by Crippen LogP contribution is 2.44. The van der Waals surface area contributed by atoms with Crippen LogP contribution in [0.4, 0.5) is 0 Å². The van der Waals surface area contributed by atoms with E-state index in [-0.39, 0.29) is 6.61 Å². The van der Waals surface area contributed by atoms with Gasteiger partial charge in [0.1, 0.15) is 11.5 Å². The second-order valence-electron chi connectivity index (χ2n) is 4.62. The van der Waals surface area contributed by atoms with Gasteiger partial charge in [0.2, 0.25) is 5.60 Å². The van der Waals surface area contributed by atoms with E-state index in [0.717, 1.165) is 0 Å². The third-order valence-corrected chi connectivity index (χ3v) is 3.78. The molecule has 1 heterocycles. The number of hydrogen-bond donors (Lipinski definition) is 1. The SMILES string of the molecule is O=C(O)C1(c2cc(Oc3ccc(Cl)cc3)ccc2Cl)CO1. The molecule has 0 spiro atoms. The van der Waals surface area contributed by atoms with Gasteiger partial charge in [0.05, 0.1) is 6.61 Å². The molecule has 1 aliphatic heterocycles. The van der Waals surface area contributed by atoms with Gasteiger partial charge >= 0.3 is 5.97 Å². The van der Waals surface area contributed by atoms with Crippen LogP contribution in [-0.2, 0) is 15.1 Å². The van der Waals surface area contributed by atoms with Gasteiger partial charge in [0, 0.05) is 15.6 Å². The third-order valence-electron chi connectivity index (χ3n) is 3.20. The van der Waals surface area contributed by atoms with Crippen molar-refractivity contribution in [2.45, 2.75) is 5.60 Å². The van der Waals surface area contributed by atoms with E-state index in [1.54, 1.807) is 42.5 Å². The standard InChI is InChI=1S/C15H10Cl2O4/c16-9-1-3-10(4-2-9)21-11-5-6-13(17)12(7-11)15(8-20-15)14(18)19/h1-7H,8H2,(H,18,19). The zero-order valence-electron chi connectivity index (χ0n) is 10.7. The Balaban J connectivity index is 1.91. The van der Waals surface area contributed by atoms with E-state index < -0.39 is 11.6 Å². The normalized spacial score (nSPS) is 20.1. The van der Waals surface area contributed by atoms with E-state index >= 15 is 0 Å². The highest BCUT2D eigenvalue weighted by molar-refractivity contribution is 6.32. The number of epoxide rings is 1. The topological polar surface area (TPSA) is 59.1 Å². The fraction of sp³-hybridized carbons (Fsp3) is 0.133. The predicted octanol–water partition coefficient (Wildman–Crippen LogP) is 4.10. The second-order valence-corrected chi connectivity index (χ2v) is 5.46. The van der Waals surface area contributed by atoms with Crippen LogP contribution in [0.15, 0.2) is 42.5 Å². The van der Waals surface area contributed by atoms with E-state index in [1.807, 2.05) is 0 Å². The summed E-state index contributed by atoms with van der Waals surface area (Å²) in [5.41, 5.74) is -0.959. The van der Waals surface area contributed by atoms with Crippen molar-refractivity contribution in [1.82, 2.24) is 0 Å². The first-order valence-electron chi connectivity index (χ1n) is 6.12. The molecule has 1 atom stereocenters. The summed E-state index contributed by atoms with van der Waals surface area (Å²) in [4.78, 5) is 11.3. The van der Waals surface area contributed by atoms with Gasteiger partial charge in [-0.2, -0.15) is 0 Å². The van der Waals surface area contributed by atoms with Crippen LogP contribution in [0, 0.1) is 0 Å². The Bertz CT molecular complexity index is 693. The maximum absolute atomic E-state index is 11.3. The molecule has 1 N–H and O–H groups in total. The van der Waals surface area contributed by atoms with Crippen molar-refractivity contribution < 1.29 is 19.4 Å². The van der Waals surface area contributed by atoms with Gasteiger partial charge in [-0.15, -0.1) is 0 Å². The molecular formula is C15H10Cl2O4. The van der Waals surface area contributed by atoms with Crippen LogP contribution >= 0.6 is 23.2 Å². The minimum Gasteiger partial charge on any atom is -0.479 e. The zero-order chi connectivity index (χ0) is 15.0. The van der Waals surface area contributed by atoms with Gasteiger partial charge in [0.25, 0.3) is 0 Å². The first-order chi connectivity index (χ1) is 10.0. The summed E-state index contributed by atoms with van der Waals surface area (Å²) >= 11 is 11.9. The lowest BCUT2D eigenvalue weighted by atomic mass is 10.00. The molecule has 108 valence electrons. The highest BCUT2D eigenvalue weighted by Gasteiger charge is 2.55. The quantitative estimate of drug-likeness (QED) is 0.860. The Morgan fingerprint density at radius 3 is 2.33 bits per heavy atom. The number of ether oxygens (including phenoxy) is 2. The largest absolute Gasteiger partial charge is 0.479 e. The van der Waals surface area contributed by atoms with Gasteiger partial charge in [-0.3, -0.25) is 0 Å². The molecule has 0 aromatic heterocycles. The van der Waals surface area contributed by atoms with Crippen molar-refractivity contribution in [3.05, 3.63) is 58.1 Å². The van der Waals surface area contributed by atoms with Gasteiger partial charge in [-0.25, -0.2) is 4.79 Å². The molecule has 21 heavy (non-hydrogen) atoms. The molecule has 4 nitrogen and oxygen atoms in total. The molecule has 1 aliphatic rings. The number of halogens is 2. The minimum atomic E-state index is -1.35. The summed E-state index contributed by atoms with van der Waals surface area (Å²) < 4.78 is 10.8. The van der Waals surface area contributed by atoms with E-state index in [9.17, 15) is 9.90 Å². The van der Waals surface area contributed by atoms with Crippen molar-refractivity contribution in [3.8, 4) is 11.5 Å². The molecule has 0 bridgehead atoms. The van der Waals surface area contributed by atoms with Gasteiger partial charge in [0.15, 0.2) is 0 Å². The fourth-order valence-corrected chi connectivity index (χ4v) is 2.38. The molecule has 1 unspecified atom stereocenters. The van der Waals surface area contributed by atoms with Crippen molar-refractivity contribution in [2.75, 3.05) is 6.61 Å². The molecule has 0 saturated carbocycles. The van der Waals surface area contributed by atoms with Crippen LogP contribution in [0.1, 0.15) is 5.56 Å². The van der Waals surface area contributed by atoms with E-state index in [2.05, 4.69) is 0 Å². The number of aliphatic carboxylic acids is 1. The molecule has 0 aliphatic carbocycles. The summed E-state index contributed by atoms with van der Waals surface area (Å²) in [7, 11) is 0. The number of carboxylic acids is 1. The number of carboxylic acid groups (broad SMARTS) is 1. The Labute approximate surface area is 130 Å². The smallest absolute Gasteiger partial charge is 0.343 e. The van der Waals surface area contributed by atoms with Crippen LogP contribution in [0.2, 0.25) is 10.0 Å². The van der Waals surface area contributed by atoms with E-state index in [4.69, 9.17) is 32.7 Å². The first-order valence-corrected chi connectivity index (χ1v) is 6.88. The molecule has 1 saturated heterocycles. The van der Waals surface area contributed by atoms with Crippen LogP contribution < -0.4 is 4.74 Å². The average molecular weight is 325 g/mol. The lowest BCUT2D eigenvalue weighted by Gasteiger charge is -2.12. The average Bonchev–Trinajstić information content (AvgIpc) is 3.25. The van der Waals surface area contributed by atoms with Gasteiger partial charge < -0.3 is 14.6 Å². The van der Waals surface area contributed by atoms with Crippen molar-refractivity contribution in [2.24, 2.45) is 0 Å². The van der Waals surface area contributed by atoms with E-state index in [0.29, 0.717) is 27.1 Å². The molecule has 0 radical (unpaired) electrons. The van der Waals surface area contributed by atoms with Crippen molar-refractivity contribution >= 4 is 29.2 Å². The molecule has 3 rings (SSSR count). The second kappa shape index (κ2) is 5.22. The monoisotopic (exact) mass is 324 g/mol. The molecule has 2 aromatic rings. The summed E-state index contributed by atoms with van der Waals surface area (Å²) in [5.74, 6) is 0.00894. The minimum absolute atomic E-state index is 0.104. The third kappa shape index (κ3) is 2.70. The summed E-state index contributed by atoms with van der Waals surface area (Å²) in [5, 5.41) is 10.2. The van der Waals surface area contributed by atoms with Gasteiger partial charge in [-0.1, -0.05) is 23.2 Å². The molecule has 6 heteroatoms. The van der Waals surface area contributed by atoms with Crippen molar-refractivity contribution in [3.63, 3.8) is 0 Å². The molecule has 2 aromatic carbocycles. The van der Waals surface area contributed by atoms with E-state index in [1.165, 1.54) is 0 Å². The Morgan fingerprint density at radius 1 is 1.14 bits per heavy atom. The fourth-order valence-electron chi connectivity index (χ4n) is 1.98. The maximum Gasteiger partial charge on any atom is 0.343 e. The Kier molecular flexibility index (Phi) is 3.53. The lowest BCUT2D eigenvalue weighted by Crippen LogP contribution is -2.21. The number of carbonyl (C=O) groups is 1. The molecule has 1 fully saturated rings. The number of rotatable bonds is 4. The van der Waals surface area contributed by atoms with Crippen LogP contribution in [-0.4, -0.2) is 17.7 Å². The number of hydrogen-bond acceptors (Lipinski definition) is 3. The van der Waals surface area contributed by atoms with Crippen molar-refractivity contribution in [1.29, 1.82) is 0 Å². The van der Waals surface area contributed by atoms with Crippen LogP contribution in [0.25, 0.3) is 0 Å². The number of benzene rings is 2. The van der Waals surface area contributed by atoms with Crippen LogP contribution in [0.3, 0.4) is 0 Å². The Hall–Kier alpha value is -1.75. The molecule has 0 amide bonds. The molecular weight excluding hydrogens is 315 g/mol. The van der Waals surface area contributed by atoms with Gasteiger partial charge in [-0.05, 0) is 42.5 Å². The summed E-state index contributed by atoms with van der Waals surface area (Å²) in [6.07, 6.45) is 0. The zero-order valence-corrected chi connectivity index (χ0v) is 12.2. The predicted molar refractivity (Wildman–Crippen MR) is 78.2 cm³/mol. The first kappa shape index (κ1) is 14.2. The lowest BCUT2D eigenvalue weighted by molar-refractivity contribution is -0.143. The van der Waals surface area contributed by atoms with Crippen LogP contribution in [0.5, 0.6) is 11.5 Å².